The van der Waals surface area contributed by atoms with Crippen LogP contribution in [0, 0.1) is 0 Å². The number of anilines is 1. The Morgan fingerprint density at radius 2 is 2.00 bits per heavy atom. The van der Waals surface area contributed by atoms with Crippen LogP contribution in [-0.2, 0) is 21.2 Å². The Balaban J connectivity index is 1.90. The number of carbonyl (C=O) groups is 1. The third kappa shape index (κ3) is 4.35. The molecule has 2 aromatic rings. The Bertz CT molecular complexity index is 695. The van der Waals surface area contributed by atoms with E-state index in [9.17, 15) is 13.2 Å². The van der Waals surface area contributed by atoms with E-state index in [0.29, 0.717) is 18.0 Å². The molecule has 0 unspecified atom stereocenters. The van der Waals surface area contributed by atoms with Crippen LogP contribution in [0.3, 0.4) is 0 Å². The van der Waals surface area contributed by atoms with Crippen LogP contribution in [0.1, 0.15) is 12.0 Å². The average molecular weight is 325 g/mol. The maximum absolute atomic E-state index is 11.7. The largest absolute Gasteiger partial charge is 0.302 e. The van der Waals surface area contributed by atoms with E-state index in [-0.39, 0.29) is 10.8 Å². The average Bonchev–Trinajstić information content (AvgIpc) is 2.98. The van der Waals surface area contributed by atoms with E-state index in [2.05, 4.69) is 15.0 Å². The molecular formula is C13H15N3O3S2. The van der Waals surface area contributed by atoms with E-state index in [1.807, 2.05) is 0 Å². The summed E-state index contributed by atoms with van der Waals surface area (Å²) in [6, 6.07) is 6.47. The molecule has 0 saturated carbocycles. The molecule has 0 bridgehead atoms. The minimum absolute atomic E-state index is 0.114. The van der Waals surface area contributed by atoms with Crippen LogP contribution in [0.2, 0.25) is 0 Å². The third-order valence-electron chi connectivity index (χ3n) is 2.82. The van der Waals surface area contributed by atoms with Gasteiger partial charge in [-0.15, -0.1) is 11.3 Å². The molecule has 1 heterocycles. The molecule has 2 N–H and O–H groups in total. The maximum atomic E-state index is 11.7. The van der Waals surface area contributed by atoms with Crippen molar-refractivity contribution in [1.29, 1.82) is 0 Å². The van der Waals surface area contributed by atoms with Crippen molar-refractivity contribution in [3.8, 4) is 0 Å². The molecule has 112 valence electrons. The molecule has 0 aliphatic carbocycles. The first-order valence-corrected chi connectivity index (χ1v) is 8.59. The monoisotopic (exact) mass is 325 g/mol. The van der Waals surface area contributed by atoms with E-state index >= 15 is 0 Å². The number of nitrogens with zero attached hydrogens (tertiary/aromatic N) is 1. The summed E-state index contributed by atoms with van der Waals surface area (Å²) in [6.45, 7) is 0. The summed E-state index contributed by atoms with van der Waals surface area (Å²) in [7, 11) is -2.05. The molecule has 1 amide bonds. The number of sulfonamides is 1. The van der Waals surface area contributed by atoms with Crippen molar-refractivity contribution in [3.05, 3.63) is 41.4 Å². The highest BCUT2D eigenvalue weighted by atomic mass is 32.2. The van der Waals surface area contributed by atoms with Gasteiger partial charge in [0.1, 0.15) is 0 Å². The molecule has 0 radical (unpaired) electrons. The van der Waals surface area contributed by atoms with Crippen LogP contribution in [0.4, 0.5) is 5.13 Å². The van der Waals surface area contributed by atoms with Crippen LogP contribution in [0.5, 0.6) is 0 Å². The first-order valence-electron chi connectivity index (χ1n) is 6.23. The van der Waals surface area contributed by atoms with Gasteiger partial charge in [-0.05, 0) is 31.2 Å². The zero-order valence-corrected chi connectivity index (χ0v) is 13.0. The Morgan fingerprint density at radius 1 is 1.29 bits per heavy atom. The number of benzene rings is 1. The van der Waals surface area contributed by atoms with Crippen molar-refractivity contribution in [2.75, 3.05) is 12.4 Å². The van der Waals surface area contributed by atoms with E-state index in [1.54, 1.807) is 23.7 Å². The lowest BCUT2D eigenvalue weighted by molar-refractivity contribution is -0.116. The summed E-state index contributed by atoms with van der Waals surface area (Å²) in [6.07, 6.45) is 2.48. The number of hydrogen-bond donors (Lipinski definition) is 2. The van der Waals surface area contributed by atoms with Gasteiger partial charge in [-0.3, -0.25) is 4.79 Å². The fraction of sp³-hybridized carbons (Fsp3) is 0.231. The van der Waals surface area contributed by atoms with Gasteiger partial charge in [0.2, 0.25) is 15.9 Å². The minimum Gasteiger partial charge on any atom is -0.302 e. The number of thiazole rings is 1. The van der Waals surface area contributed by atoms with E-state index in [1.165, 1.54) is 30.5 Å². The van der Waals surface area contributed by atoms with Gasteiger partial charge >= 0.3 is 0 Å². The smallest absolute Gasteiger partial charge is 0.240 e. The number of rotatable bonds is 6. The Hall–Kier alpha value is -1.77. The summed E-state index contributed by atoms with van der Waals surface area (Å²) < 4.78 is 25.4. The van der Waals surface area contributed by atoms with Crippen LogP contribution < -0.4 is 10.0 Å². The zero-order valence-electron chi connectivity index (χ0n) is 11.4. The van der Waals surface area contributed by atoms with Crippen LogP contribution >= 0.6 is 11.3 Å². The lowest BCUT2D eigenvalue weighted by atomic mass is 10.1. The highest BCUT2D eigenvalue weighted by molar-refractivity contribution is 7.89. The predicted molar refractivity (Wildman–Crippen MR) is 81.8 cm³/mol. The molecule has 8 heteroatoms. The standard InChI is InChI=1S/C13H15N3O3S2/c1-14-21(18,19)11-5-2-10(3-6-11)4-7-12(17)16-13-15-8-9-20-13/h2-3,5-6,8-9,14H,4,7H2,1H3,(H,15,16,17). The first-order chi connectivity index (χ1) is 10.0. The molecule has 0 fully saturated rings. The topological polar surface area (TPSA) is 88.2 Å². The lowest BCUT2D eigenvalue weighted by Gasteiger charge is -2.05. The van der Waals surface area contributed by atoms with Crippen LogP contribution in [0.25, 0.3) is 0 Å². The summed E-state index contributed by atoms with van der Waals surface area (Å²) in [4.78, 5) is 15.9. The number of nitrogens with one attached hydrogen (secondary N) is 2. The molecule has 0 aliphatic rings. The Kier molecular flexibility index (Phi) is 5.05. The molecule has 0 atom stereocenters. The lowest BCUT2D eigenvalue weighted by Crippen LogP contribution is -2.18. The molecule has 1 aromatic heterocycles. The zero-order chi connectivity index (χ0) is 15.3. The molecule has 1 aromatic carbocycles. The van der Waals surface area contributed by atoms with Gasteiger partial charge in [-0.1, -0.05) is 12.1 Å². The van der Waals surface area contributed by atoms with Crippen molar-refractivity contribution in [2.45, 2.75) is 17.7 Å². The minimum atomic E-state index is -3.42. The Labute approximate surface area is 127 Å². The summed E-state index contributed by atoms with van der Waals surface area (Å²) in [5.41, 5.74) is 0.902. The number of aryl methyl sites for hydroxylation is 1. The second-order valence-electron chi connectivity index (χ2n) is 4.24. The fourth-order valence-electron chi connectivity index (χ4n) is 1.68. The fourth-order valence-corrected chi connectivity index (χ4v) is 2.95. The molecule has 0 aliphatic heterocycles. The van der Waals surface area contributed by atoms with Crippen LogP contribution in [0.15, 0.2) is 40.7 Å². The highest BCUT2D eigenvalue weighted by Gasteiger charge is 2.11. The number of hydrogen-bond acceptors (Lipinski definition) is 5. The van der Waals surface area contributed by atoms with E-state index in [0.717, 1.165) is 5.56 Å². The van der Waals surface area contributed by atoms with Gasteiger partial charge in [-0.2, -0.15) is 0 Å². The van der Waals surface area contributed by atoms with Crippen molar-refractivity contribution in [1.82, 2.24) is 9.71 Å². The van der Waals surface area contributed by atoms with Crippen molar-refractivity contribution < 1.29 is 13.2 Å². The number of amides is 1. The number of aromatic nitrogens is 1. The van der Waals surface area contributed by atoms with E-state index < -0.39 is 10.0 Å². The van der Waals surface area contributed by atoms with Gasteiger partial charge in [0.15, 0.2) is 5.13 Å². The van der Waals surface area contributed by atoms with Crippen molar-refractivity contribution in [3.63, 3.8) is 0 Å². The molecule has 0 saturated heterocycles. The second kappa shape index (κ2) is 6.79. The maximum Gasteiger partial charge on any atom is 0.240 e. The second-order valence-corrected chi connectivity index (χ2v) is 7.02. The predicted octanol–water partition coefficient (Wildman–Crippen LogP) is 1.62. The van der Waals surface area contributed by atoms with Gasteiger partial charge in [0.05, 0.1) is 4.90 Å². The van der Waals surface area contributed by atoms with Crippen LogP contribution in [-0.4, -0.2) is 26.4 Å². The van der Waals surface area contributed by atoms with Crippen molar-refractivity contribution in [2.24, 2.45) is 0 Å². The van der Waals surface area contributed by atoms with Gasteiger partial charge in [-0.25, -0.2) is 18.1 Å². The highest BCUT2D eigenvalue weighted by Crippen LogP contribution is 2.13. The van der Waals surface area contributed by atoms with Gasteiger partial charge in [0.25, 0.3) is 0 Å². The molecular weight excluding hydrogens is 310 g/mol. The normalized spacial score (nSPS) is 11.3. The van der Waals surface area contributed by atoms with Gasteiger partial charge in [0, 0.05) is 18.0 Å². The van der Waals surface area contributed by atoms with Gasteiger partial charge < -0.3 is 5.32 Å². The quantitative estimate of drug-likeness (QED) is 0.845. The number of carbonyl (C=O) groups excluding carboxylic acids is 1. The van der Waals surface area contributed by atoms with E-state index in [4.69, 9.17) is 0 Å². The summed E-state index contributed by atoms with van der Waals surface area (Å²) in [5, 5.41) is 5.07. The summed E-state index contributed by atoms with van der Waals surface area (Å²) in [5.74, 6) is -0.114. The van der Waals surface area contributed by atoms with Crippen molar-refractivity contribution >= 4 is 32.4 Å². The molecule has 21 heavy (non-hydrogen) atoms. The molecule has 6 nitrogen and oxygen atoms in total. The first kappa shape index (κ1) is 15.6. The summed E-state index contributed by atoms with van der Waals surface area (Å²) >= 11 is 1.36. The molecule has 0 spiro atoms. The SMILES string of the molecule is CNS(=O)(=O)c1ccc(CCC(=O)Nc2nccs2)cc1. The Morgan fingerprint density at radius 3 is 2.57 bits per heavy atom. The third-order valence-corrected chi connectivity index (χ3v) is 4.94. The molecule has 2 rings (SSSR count).